The first kappa shape index (κ1) is 19.6. The van der Waals surface area contributed by atoms with Crippen LogP contribution in [-0.2, 0) is 6.18 Å². The van der Waals surface area contributed by atoms with Crippen molar-refractivity contribution in [3.63, 3.8) is 0 Å². The third-order valence-electron chi connectivity index (χ3n) is 4.75. The summed E-state index contributed by atoms with van der Waals surface area (Å²) in [4.78, 5) is 13.3. The molecule has 1 saturated heterocycles. The molecular weight excluding hydrogens is 355 g/mol. The van der Waals surface area contributed by atoms with Crippen molar-refractivity contribution in [1.29, 1.82) is 0 Å². The summed E-state index contributed by atoms with van der Waals surface area (Å²) in [7, 11) is 0. The lowest BCUT2D eigenvalue weighted by molar-refractivity contribution is -0.137. The first-order chi connectivity index (χ1) is 13.0. The molecule has 1 aliphatic rings. The SMILES string of the molecule is NCCCCN1CCN(c2ncc(-c3cccc(C(F)(F)F)c3)cn2)CC1. The van der Waals surface area contributed by atoms with Crippen LogP contribution in [0.2, 0.25) is 0 Å². The summed E-state index contributed by atoms with van der Waals surface area (Å²) in [5.74, 6) is 0.618. The van der Waals surface area contributed by atoms with Gasteiger partial charge in [0, 0.05) is 44.1 Å². The van der Waals surface area contributed by atoms with Crippen LogP contribution < -0.4 is 10.6 Å². The number of alkyl halides is 3. The van der Waals surface area contributed by atoms with Crippen molar-refractivity contribution >= 4 is 5.95 Å². The fourth-order valence-corrected chi connectivity index (χ4v) is 3.16. The Balaban J connectivity index is 1.61. The highest BCUT2D eigenvalue weighted by Crippen LogP contribution is 2.32. The van der Waals surface area contributed by atoms with E-state index in [4.69, 9.17) is 5.73 Å². The van der Waals surface area contributed by atoms with E-state index in [1.807, 2.05) is 0 Å². The average Bonchev–Trinajstić information content (AvgIpc) is 2.68. The topological polar surface area (TPSA) is 58.3 Å². The quantitative estimate of drug-likeness (QED) is 0.782. The van der Waals surface area contributed by atoms with Crippen molar-refractivity contribution in [3.8, 4) is 11.1 Å². The van der Waals surface area contributed by atoms with E-state index in [1.54, 1.807) is 18.5 Å². The molecule has 0 radical (unpaired) electrons. The van der Waals surface area contributed by atoms with Gasteiger partial charge in [0.25, 0.3) is 0 Å². The molecule has 5 nitrogen and oxygen atoms in total. The zero-order valence-electron chi connectivity index (χ0n) is 15.1. The van der Waals surface area contributed by atoms with Crippen molar-refractivity contribution in [2.75, 3.05) is 44.2 Å². The summed E-state index contributed by atoms with van der Waals surface area (Å²) < 4.78 is 38.6. The van der Waals surface area contributed by atoms with Gasteiger partial charge in [-0.3, -0.25) is 4.90 Å². The van der Waals surface area contributed by atoms with Crippen LogP contribution in [0.4, 0.5) is 19.1 Å². The first-order valence-electron chi connectivity index (χ1n) is 9.14. The third kappa shape index (κ3) is 5.17. The largest absolute Gasteiger partial charge is 0.416 e. The summed E-state index contributed by atoms with van der Waals surface area (Å²) in [6.07, 6.45) is 0.969. The number of aromatic nitrogens is 2. The second-order valence-corrected chi connectivity index (χ2v) is 6.67. The van der Waals surface area contributed by atoms with Crippen LogP contribution >= 0.6 is 0 Å². The highest BCUT2D eigenvalue weighted by molar-refractivity contribution is 5.63. The zero-order valence-corrected chi connectivity index (χ0v) is 15.1. The minimum Gasteiger partial charge on any atom is -0.338 e. The predicted octanol–water partition coefficient (Wildman–Crippen LogP) is 3.02. The van der Waals surface area contributed by atoms with Gasteiger partial charge in [0.05, 0.1) is 5.56 Å². The van der Waals surface area contributed by atoms with Crippen LogP contribution in [0.1, 0.15) is 18.4 Å². The number of rotatable bonds is 6. The summed E-state index contributed by atoms with van der Waals surface area (Å²) in [6, 6.07) is 5.22. The molecule has 1 aromatic heterocycles. The Kier molecular flexibility index (Phi) is 6.28. The van der Waals surface area contributed by atoms with Gasteiger partial charge in [-0.15, -0.1) is 0 Å². The molecule has 0 atom stereocenters. The summed E-state index contributed by atoms with van der Waals surface area (Å²) >= 11 is 0. The lowest BCUT2D eigenvalue weighted by Gasteiger charge is -2.34. The number of piperazine rings is 1. The molecular formula is C19H24F3N5. The van der Waals surface area contributed by atoms with Crippen LogP contribution in [0, 0.1) is 0 Å². The number of nitrogens with two attached hydrogens (primary N) is 1. The predicted molar refractivity (Wildman–Crippen MR) is 99.4 cm³/mol. The molecule has 1 fully saturated rings. The second-order valence-electron chi connectivity index (χ2n) is 6.67. The van der Waals surface area contributed by atoms with E-state index in [9.17, 15) is 13.2 Å². The second kappa shape index (κ2) is 8.67. The maximum Gasteiger partial charge on any atom is 0.416 e. The number of hydrogen-bond acceptors (Lipinski definition) is 5. The first-order valence-corrected chi connectivity index (χ1v) is 9.14. The van der Waals surface area contributed by atoms with E-state index in [0.717, 1.165) is 64.2 Å². The molecule has 8 heteroatoms. The summed E-state index contributed by atoms with van der Waals surface area (Å²) in [5.41, 5.74) is 5.89. The number of benzene rings is 1. The molecule has 3 rings (SSSR count). The van der Waals surface area contributed by atoms with Gasteiger partial charge in [-0.2, -0.15) is 13.2 Å². The lowest BCUT2D eigenvalue weighted by Crippen LogP contribution is -2.47. The molecule has 0 bridgehead atoms. The van der Waals surface area contributed by atoms with Gasteiger partial charge in [0.2, 0.25) is 5.95 Å². The molecule has 0 amide bonds. The Labute approximate surface area is 157 Å². The maximum atomic E-state index is 12.9. The molecule has 146 valence electrons. The Morgan fingerprint density at radius 3 is 2.30 bits per heavy atom. The van der Waals surface area contributed by atoms with E-state index >= 15 is 0 Å². The van der Waals surface area contributed by atoms with Crippen LogP contribution in [-0.4, -0.2) is 54.1 Å². The fourth-order valence-electron chi connectivity index (χ4n) is 3.16. The molecule has 27 heavy (non-hydrogen) atoms. The molecule has 1 aromatic carbocycles. The number of hydrogen-bond donors (Lipinski definition) is 1. The summed E-state index contributed by atoms with van der Waals surface area (Å²) in [6.45, 7) is 5.36. The van der Waals surface area contributed by atoms with Crippen LogP contribution in [0.15, 0.2) is 36.7 Å². The van der Waals surface area contributed by atoms with Crippen molar-refractivity contribution in [3.05, 3.63) is 42.2 Å². The van der Waals surface area contributed by atoms with Crippen molar-refractivity contribution < 1.29 is 13.2 Å². The Hall–Kier alpha value is -2.19. The third-order valence-corrected chi connectivity index (χ3v) is 4.75. The highest BCUT2D eigenvalue weighted by atomic mass is 19.4. The maximum absolute atomic E-state index is 12.9. The zero-order chi connectivity index (χ0) is 19.3. The van der Waals surface area contributed by atoms with Crippen molar-refractivity contribution in [2.45, 2.75) is 19.0 Å². The highest BCUT2D eigenvalue weighted by Gasteiger charge is 2.30. The summed E-state index contributed by atoms with van der Waals surface area (Å²) in [5, 5.41) is 0. The van der Waals surface area contributed by atoms with Crippen molar-refractivity contribution in [2.24, 2.45) is 5.73 Å². The van der Waals surface area contributed by atoms with Gasteiger partial charge in [-0.05, 0) is 43.6 Å². The van der Waals surface area contributed by atoms with Crippen LogP contribution in [0.25, 0.3) is 11.1 Å². The number of nitrogens with zero attached hydrogens (tertiary/aromatic N) is 4. The minimum atomic E-state index is -4.36. The van der Waals surface area contributed by atoms with Gasteiger partial charge >= 0.3 is 6.18 Å². The number of halogens is 3. The standard InChI is InChI=1S/C19H24F3N5/c20-19(21,22)17-5-3-4-15(12-17)16-13-24-18(25-14-16)27-10-8-26(9-11-27)7-2-1-6-23/h3-5,12-14H,1-2,6-11,23H2. The minimum absolute atomic E-state index is 0.459. The number of anilines is 1. The van der Waals surface area contributed by atoms with Gasteiger partial charge in [0.15, 0.2) is 0 Å². The van der Waals surface area contributed by atoms with Gasteiger partial charge in [-0.1, -0.05) is 12.1 Å². The Morgan fingerprint density at radius 2 is 1.67 bits per heavy atom. The Bertz CT molecular complexity index is 725. The molecule has 2 heterocycles. The molecule has 0 aliphatic carbocycles. The average molecular weight is 379 g/mol. The van der Waals surface area contributed by atoms with E-state index in [-0.39, 0.29) is 0 Å². The van der Waals surface area contributed by atoms with E-state index in [0.29, 0.717) is 17.1 Å². The fraction of sp³-hybridized carbons (Fsp3) is 0.474. The molecule has 0 saturated carbocycles. The molecule has 0 spiro atoms. The Morgan fingerprint density at radius 1 is 0.963 bits per heavy atom. The smallest absolute Gasteiger partial charge is 0.338 e. The molecule has 2 N–H and O–H groups in total. The normalized spacial score (nSPS) is 15.9. The van der Waals surface area contributed by atoms with Crippen molar-refractivity contribution in [1.82, 2.24) is 14.9 Å². The van der Waals surface area contributed by atoms with E-state index in [2.05, 4.69) is 19.8 Å². The molecule has 0 unspecified atom stereocenters. The van der Waals surface area contributed by atoms with E-state index < -0.39 is 11.7 Å². The van der Waals surface area contributed by atoms with Gasteiger partial charge < -0.3 is 10.6 Å². The van der Waals surface area contributed by atoms with Crippen LogP contribution in [0.5, 0.6) is 0 Å². The van der Waals surface area contributed by atoms with Crippen LogP contribution in [0.3, 0.4) is 0 Å². The van der Waals surface area contributed by atoms with Gasteiger partial charge in [-0.25, -0.2) is 9.97 Å². The molecule has 2 aromatic rings. The monoisotopic (exact) mass is 379 g/mol. The molecule has 1 aliphatic heterocycles. The lowest BCUT2D eigenvalue weighted by atomic mass is 10.1. The van der Waals surface area contributed by atoms with Gasteiger partial charge in [0.1, 0.15) is 0 Å². The van der Waals surface area contributed by atoms with E-state index in [1.165, 1.54) is 6.07 Å². The number of unbranched alkanes of at least 4 members (excludes halogenated alkanes) is 1.